The quantitative estimate of drug-likeness (QED) is 0.818. The van der Waals surface area contributed by atoms with Gasteiger partial charge in [0.05, 0.1) is 0 Å². The first-order chi connectivity index (χ1) is 9.56. The second-order valence-electron chi connectivity index (χ2n) is 4.22. The van der Waals surface area contributed by atoms with Crippen molar-refractivity contribution in [3.05, 3.63) is 48.5 Å². The summed E-state index contributed by atoms with van der Waals surface area (Å²) >= 11 is 0. The summed E-state index contributed by atoms with van der Waals surface area (Å²) in [5.74, 6) is 0.384. The Morgan fingerprint density at radius 1 is 1.10 bits per heavy atom. The summed E-state index contributed by atoms with van der Waals surface area (Å²) in [6.45, 7) is 1.46. The molecule has 5 heteroatoms. The van der Waals surface area contributed by atoms with Crippen LogP contribution in [0.5, 0.6) is 17.2 Å². The topological polar surface area (TPSA) is 81.8 Å². The van der Waals surface area contributed by atoms with Crippen molar-refractivity contribution in [3.8, 4) is 17.2 Å². The average molecular weight is 273 g/mol. The molecule has 0 amide bonds. The number of hydrogen-bond acceptors (Lipinski definition) is 4. The van der Waals surface area contributed by atoms with Crippen LogP contribution in [-0.4, -0.2) is 17.2 Å². The molecule has 0 aromatic heterocycles. The second-order valence-corrected chi connectivity index (χ2v) is 4.22. The van der Waals surface area contributed by atoms with Crippen LogP contribution < -0.4 is 15.2 Å². The predicted molar refractivity (Wildman–Crippen MR) is 75.1 cm³/mol. The molecule has 2 rings (SSSR count). The maximum absolute atomic E-state index is 10.8. The van der Waals surface area contributed by atoms with Crippen LogP contribution in [0, 0.1) is 0 Å². The van der Waals surface area contributed by atoms with Gasteiger partial charge in [0.25, 0.3) is 0 Å². The SMILES string of the molecule is CC(Oc1ccccc1Oc1ccc(N)cc1)C(=O)O. The molecule has 0 aliphatic carbocycles. The van der Waals surface area contributed by atoms with Crippen LogP contribution in [0.3, 0.4) is 0 Å². The molecule has 0 bridgehead atoms. The van der Waals surface area contributed by atoms with Crippen molar-refractivity contribution < 1.29 is 19.4 Å². The molecule has 2 aromatic rings. The summed E-state index contributed by atoms with van der Waals surface area (Å²) in [6.07, 6.45) is -0.953. The number of carboxylic acid groups (broad SMARTS) is 1. The zero-order chi connectivity index (χ0) is 14.5. The minimum absolute atomic E-state index is 0.374. The van der Waals surface area contributed by atoms with E-state index in [1.165, 1.54) is 6.92 Å². The molecule has 2 aromatic carbocycles. The van der Waals surface area contributed by atoms with Crippen LogP contribution in [0.4, 0.5) is 5.69 Å². The van der Waals surface area contributed by atoms with Crippen LogP contribution >= 0.6 is 0 Å². The summed E-state index contributed by atoms with van der Waals surface area (Å²) in [5.41, 5.74) is 6.24. The van der Waals surface area contributed by atoms with E-state index in [0.717, 1.165) is 0 Å². The van der Waals surface area contributed by atoms with Gasteiger partial charge in [0.1, 0.15) is 5.75 Å². The number of nitrogens with two attached hydrogens (primary N) is 1. The average Bonchev–Trinajstić information content (AvgIpc) is 2.43. The van der Waals surface area contributed by atoms with Gasteiger partial charge in [0, 0.05) is 5.69 Å². The van der Waals surface area contributed by atoms with Crippen molar-refractivity contribution in [1.29, 1.82) is 0 Å². The summed E-state index contributed by atoms with van der Waals surface area (Å²) in [6, 6.07) is 13.8. The van der Waals surface area contributed by atoms with Gasteiger partial charge in [-0.05, 0) is 43.3 Å². The molecule has 0 aliphatic heterocycles. The maximum atomic E-state index is 10.8. The largest absolute Gasteiger partial charge is 0.479 e. The highest BCUT2D eigenvalue weighted by Crippen LogP contribution is 2.32. The van der Waals surface area contributed by atoms with Crippen LogP contribution in [-0.2, 0) is 4.79 Å². The molecule has 0 spiro atoms. The molecular formula is C15H15NO4. The lowest BCUT2D eigenvalue weighted by molar-refractivity contribution is -0.144. The predicted octanol–water partition coefficient (Wildman–Crippen LogP) is 2.91. The first-order valence-electron chi connectivity index (χ1n) is 6.08. The van der Waals surface area contributed by atoms with Gasteiger partial charge in [-0.25, -0.2) is 4.79 Å². The molecular weight excluding hydrogens is 258 g/mol. The highest BCUT2D eigenvalue weighted by atomic mass is 16.5. The van der Waals surface area contributed by atoms with E-state index in [-0.39, 0.29) is 0 Å². The molecule has 1 atom stereocenters. The van der Waals surface area contributed by atoms with E-state index in [0.29, 0.717) is 22.9 Å². The van der Waals surface area contributed by atoms with Gasteiger partial charge in [0.2, 0.25) is 0 Å². The van der Waals surface area contributed by atoms with E-state index < -0.39 is 12.1 Å². The van der Waals surface area contributed by atoms with Crippen LogP contribution in [0.25, 0.3) is 0 Å². The summed E-state index contributed by atoms with van der Waals surface area (Å²) < 4.78 is 11.0. The lowest BCUT2D eigenvalue weighted by Gasteiger charge is -2.14. The van der Waals surface area contributed by atoms with E-state index in [1.54, 1.807) is 48.5 Å². The number of aliphatic carboxylic acids is 1. The zero-order valence-corrected chi connectivity index (χ0v) is 10.9. The minimum Gasteiger partial charge on any atom is -0.479 e. The standard InChI is InChI=1S/C15H15NO4/c1-10(15(17)18)19-13-4-2-3-5-14(13)20-12-8-6-11(16)7-9-12/h2-10H,16H2,1H3,(H,17,18). The van der Waals surface area contributed by atoms with Gasteiger partial charge in [-0.2, -0.15) is 0 Å². The fraction of sp³-hybridized carbons (Fsp3) is 0.133. The minimum atomic E-state index is -1.03. The number of carboxylic acids is 1. The van der Waals surface area contributed by atoms with Gasteiger partial charge >= 0.3 is 5.97 Å². The van der Waals surface area contributed by atoms with Crippen molar-refractivity contribution in [1.82, 2.24) is 0 Å². The Balaban J connectivity index is 2.19. The Kier molecular flexibility index (Phi) is 4.10. The Hall–Kier alpha value is -2.69. The molecule has 20 heavy (non-hydrogen) atoms. The molecule has 0 saturated carbocycles. The fourth-order valence-electron chi connectivity index (χ4n) is 1.54. The highest BCUT2D eigenvalue weighted by molar-refractivity contribution is 5.72. The first kappa shape index (κ1) is 13.7. The molecule has 0 saturated heterocycles. The molecule has 3 N–H and O–H groups in total. The molecule has 0 aliphatic rings. The number of benzene rings is 2. The number of rotatable bonds is 5. The van der Waals surface area contributed by atoms with Crippen molar-refractivity contribution in [2.75, 3.05) is 5.73 Å². The summed E-state index contributed by atoms with van der Waals surface area (Å²) in [5, 5.41) is 8.87. The number of ether oxygens (including phenoxy) is 2. The smallest absolute Gasteiger partial charge is 0.344 e. The van der Waals surface area contributed by atoms with Gasteiger partial charge in [-0.15, -0.1) is 0 Å². The summed E-state index contributed by atoms with van der Waals surface area (Å²) in [7, 11) is 0. The third-order valence-corrected chi connectivity index (χ3v) is 2.61. The van der Waals surface area contributed by atoms with Gasteiger partial charge in [-0.1, -0.05) is 12.1 Å². The van der Waals surface area contributed by atoms with Crippen LogP contribution in [0.15, 0.2) is 48.5 Å². The molecule has 0 radical (unpaired) electrons. The van der Waals surface area contributed by atoms with E-state index in [4.69, 9.17) is 20.3 Å². The van der Waals surface area contributed by atoms with Crippen LogP contribution in [0.2, 0.25) is 0 Å². The second kappa shape index (κ2) is 5.97. The molecule has 0 fully saturated rings. The monoisotopic (exact) mass is 273 g/mol. The van der Waals surface area contributed by atoms with Gasteiger partial charge < -0.3 is 20.3 Å². The third kappa shape index (κ3) is 3.41. The fourth-order valence-corrected chi connectivity index (χ4v) is 1.54. The van der Waals surface area contributed by atoms with E-state index in [9.17, 15) is 4.79 Å². The third-order valence-electron chi connectivity index (χ3n) is 2.61. The maximum Gasteiger partial charge on any atom is 0.344 e. The molecule has 5 nitrogen and oxygen atoms in total. The Morgan fingerprint density at radius 3 is 2.30 bits per heavy atom. The number of anilines is 1. The zero-order valence-electron chi connectivity index (χ0n) is 10.9. The lowest BCUT2D eigenvalue weighted by atomic mass is 10.3. The Morgan fingerprint density at radius 2 is 1.70 bits per heavy atom. The molecule has 104 valence electrons. The lowest BCUT2D eigenvalue weighted by Crippen LogP contribution is -2.23. The van der Waals surface area contributed by atoms with Crippen molar-refractivity contribution >= 4 is 11.7 Å². The van der Waals surface area contributed by atoms with E-state index in [1.807, 2.05) is 0 Å². The van der Waals surface area contributed by atoms with E-state index >= 15 is 0 Å². The van der Waals surface area contributed by atoms with Crippen molar-refractivity contribution in [2.24, 2.45) is 0 Å². The number of carbonyl (C=O) groups is 1. The Bertz CT molecular complexity index is 595. The Labute approximate surface area is 116 Å². The van der Waals surface area contributed by atoms with Crippen molar-refractivity contribution in [2.45, 2.75) is 13.0 Å². The van der Waals surface area contributed by atoms with E-state index in [2.05, 4.69) is 0 Å². The highest BCUT2D eigenvalue weighted by Gasteiger charge is 2.15. The number of nitrogen functional groups attached to an aromatic ring is 1. The molecule has 0 heterocycles. The molecule has 1 unspecified atom stereocenters. The van der Waals surface area contributed by atoms with Gasteiger partial charge in [-0.3, -0.25) is 0 Å². The number of hydrogen-bond donors (Lipinski definition) is 2. The summed E-state index contributed by atoms with van der Waals surface area (Å²) in [4.78, 5) is 10.8. The van der Waals surface area contributed by atoms with Gasteiger partial charge in [0.15, 0.2) is 17.6 Å². The number of para-hydroxylation sites is 2. The first-order valence-corrected chi connectivity index (χ1v) is 6.08. The van der Waals surface area contributed by atoms with Crippen LogP contribution in [0.1, 0.15) is 6.92 Å². The normalized spacial score (nSPS) is 11.7. The van der Waals surface area contributed by atoms with Crippen molar-refractivity contribution in [3.63, 3.8) is 0 Å².